The molecule has 90 valence electrons. The molecule has 0 fully saturated rings. The summed E-state index contributed by atoms with van der Waals surface area (Å²) in [6.07, 6.45) is 3.38. The average molecular weight is 241 g/mol. The Kier molecular flexibility index (Phi) is 3.44. The van der Waals surface area contributed by atoms with Crippen molar-refractivity contribution in [2.24, 2.45) is 0 Å². The van der Waals surface area contributed by atoms with Gasteiger partial charge in [0.05, 0.1) is 7.11 Å². The third kappa shape index (κ3) is 2.41. The van der Waals surface area contributed by atoms with E-state index in [9.17, 15) is 4.79 Å². The molecular weight excluding hydrogens is 230 g/mol. The topological polar surface area (TPSA) is 59.3 Å². The molecule has 0 unspecified atom stereocenters. The van der Waals surface area contributed by atoms with Crippen LogP contribution in [0.5, 0.6) is 5.75 Å². The van der Waals surface area contributed by atoms with Crippen LogP contribution in [0.15, 0.2) is 41.5 Å². The second kappa shape index (κ2) is 5.19. The van der Waals surface area contributed by atoms with Gasteiger partial charge in [0.2, 0.25) is 0 Å². The Morgan fingerprint density at radius 3 is 3.00 bits per heavy atom. The zero-order valence-corrected chi connectivity index (χ0v) is 9.84. The average Bonchev–Trinajstić information content (AvgIpc) is 2.43. The van der Waals surface area contributed by atoms with Crippen molar-refractivity contribution >= 4 is 12.0 Å². The van der Waals surface area contributed by atoms with Gasteiger partial charge in [-0.25, -0.2) is 4.79 Å². The van der Waals surface area contributed by atoms with E-state index in [0.29, 0.717) is 6.61 Å². The number of para-hydroxylation sites is 1. The quantitative estimate of drug-likeness (QED) is 0.452. The Balaban J connectivity index is 2.32. The molecule has 0 saturated heterocycles. The van der Waals surface area contributed by atoms with Crippen molar-refractivity contribution < 1.29 is 14.3 Å². The Bertz CT molecular complexity index is 579. The van der Waals surface area contributed by atoms with Crippen LogP contribution in [0.3, 0.4) is 0 Å². The van der Waals surface area contributed by atoms with E-state index in [4.69, 9.17) is 10.00 Å². The van der Waals surface area contributed by atoms with Gasteiger partial charge in [-0.05, 0) is 23.8 Å². The van der Waals surface area contributed by atoms with Crippen LogP contribution in [-0.2, 0) is 9.53 Å². The second-order valence-electron chi connectivity index (χ2n) is 3.71. The first kappa shape index (κ1) is 11.9. The van der Waals surface area contributed by atoms with Crippen LogP contribution in [0, 0.1) is 11.3 Å². The van der Waals surface area contributed by atoms with Crippen LogP contribution in [0.2, 0.25) is 0 Å². The van der Waals surface area contributed by atoms with E-state index in [0.717, 1.165) is 16.9 Å². The van der Waals surface area contributed by atoms with E-state index in [2.05, 4.69) is 4.74 Å². The van der Waals surface area contributed by atoms with Crippen LogP contribution < -0.4 is 4.74 Å². The van der Waals surface area contributed by atoms with Crippen LogP contribution in [0.4, 0.5) is 0 Å². The summed E-state index contributed by atoms with van der Waals surface area (Å²) in [4.78, 5) is 11.3. The van der Waals surface area contributed by atoms with Crippen LogP contribution in [0.1, 0.15) is 5.56 Å². The summed E-state index contributed by atoms with van der Waals surface area (Å²) in [5.41, 5.74) is 1.65. The monoisotopic (exact) mass is 241 g/mol. The molecule has 0 bridgehead atoms. The van der Waals surface area contributed by atoms with Crippen LogP contribution >= 0.6 is 0 Å². The summed E-state index contributed by atoms with van der Waals surface area (Å²) in [5.74, 6) is 0.156. The van der Waals surface area contributed by atoms with Gasteiger partial charge in [-0.1, -0.05) is 18.2 Å². The minimum Gasteiger partial charge on any atom is -0.488 e. The molecule has 0 N–H and O–H groups in total. The van der Waals surface area contributed by atoms with Gasteiger partial charge < -0.3 is 9.47 Å². The molecule has 1 aromatic rings. The maximum atomic E-state index is 11.3. The van der Waals surface area contributed by atoms with Crippen molar-refractivity contribution in [3.8, 4) is 11.8 Å². The molecular formula is C14H11NO3. The van der Waals surface area contributed by atoms with Crippen molar-refractivity contribution in [3.05, 3.63) is 47.1 Å². The Morgan fingerprint density at radius 2 is 2.28 bits per heavy atom. The van der Waals surface area contributed by atoms with Crippen LogP contribution in [-0.4, -0.2) is 19.7 Å². The summed E-state index contributed by atoms with van der Waals surface area (Å²) in [5, 5.41) is 8.87. The highest BCUT2D eigenvalue weighted by atomic mass is 16.5. The Morgan fingerprint density at radius 1 is 1.50 bits per heavy atom. The molecule has 1 aliphatic heterocycles. The zero-order chi connectivity index (χ0) is 13.0. The predicted molar refractivity (Wildman–Crippen MR) is 65.6 cm³/mol. The number of hydrogen-bond acceptors (Lipinski definition) is 4. The van der Waals surface area contributed by atoms with Crippen molar-refractivity contribution in [2.45, 2.75) is 0 Å². The maximum absolute atomic E-state index is 11.3. The predicted octanol–water partition coefficient (Wildman–Crippen LogP) is 2.09. The van der Waals surface area contributed by atoms with Gasteiger partial charge in [0.1, 0.15) is 24.0 Å². The minimum atomic E-state index is -0.641. The van der Waals surface area contributed by atoms with Gasteiger partial charge in [0.25, 0.3) is 0 Å². The normalized spacial score (nSPS) is 13.8. The lowest BCUT2D eigenvalue weighted by molar-refractivity contribution is -0.135. The zero-order valence-electron chi connectivity index (χ0n) is 9.84. The molecule has 4 heteroatoms. The molecule has 1 aromatic carbocycles. The number of esters is 1. The molecule has 0 saturated carbocycles. The van der Waals surface area contributed by atoms with Gasteiger partial charge in [0.15, 0.2) is 0 Å². The molecule has 18 heavy (non-hydrogen) atoms. The fraction of sp³-hybridized carbons (Fsp3) is 0.143. The molecule has 0 aromatic heterocycles. The standard InChI is InChI=1S/C14H11NO3/c1-17-14(16)12(8-15)7-10-6-11-4-2-3-5-13(11)18-9-10/h2-7H,9H2,1H3/b12-7-. The number of fused-ring (bicyclic) bond motifs is 1. The van der Waals surface area contributed by atoms with E-state index in [1.54, 1.807) is 0 Å². The van der Waals surface area contributed by atoms with Gasteiger partial charge >= 0.3 is 5.97 Å². The largest absolute Gasteiger partial charge is 0.488 e. The summed E-state index contributed by atoms with van der Waals surface area (Å²) in [6.45, 7) is 0.333. The van der Waals surface area contributed by atoms with E-state index < -0.39 is 5.97 Å². The number of carbonyl (C=O) groups excluding carboxylic acids is 1. The van der Waals surface area contributed by atoms with Crippen LogP contribution in [0.25, 0.3) is 6.08 Å². The van der Waals surface area contributed by atoms with Crippen molar-refractivity contribution in [1.82, 2.24) is 0 Å². The molecule has 0 radical (unpaired) electrons. The number of methoxy groups -OCH3 is 1. The number of nitrogens with zero attached hydrogens (tertiary/aromatic N) is 1. The lowest BCUT2D eigenvalue weighted by atomic mass is 10.1. The van der Waals surface area contributed by atoms with Gasteiger partial charge in [-0.2, -0.15) is 5.26 Å². The Hall–Kier alpha value is -2.54. The number of hydrogen-bond donors (Lipinski definition) is 0. The summed E-state index contributed by atoms with van der Waals surface area (Å²) in [7, 11) is 1.24. The smallest absolute Gasteiger partial charge is 0.348 e. The Labute approximate surface area is 105 Å². The van der Waals surface area contributed by atoms with Crippen molar-refractivity contribution in [3.63, 3.8) is 0 Å². The SMILES string of the molecule is COC(=O)/C(C#N)=C\C1=Cc2ccccc2OC1. The lowest BCUT2D eigenvalue weighted by Crippen LogP contribution is -2.08. The summed E-state index contributed by atoms with van der Waals surface area (Å²) < 4.78 is 10.0. The molecule has 0 aliphatic carbocycles. The first-order chi connectivity index (χ1) is 8.74. The molecule has 1 heterocycles. The number of ether oxygens (including phenoxy) is 2. The molecule has 0 amide bonds. The molecule has 1 aliphatic rings. The fourth-order valence-electron chi connectivity index (χ4n) is 1.65. The van der Waals surface area contributed by atoms with Gasteiger partial charge in [0, 0.05) is 5.56 Å². The molecule has 0 atom stereocenters. The highest BCUT2D eigenvalue weighted by Gasteiger charge is 2.13. The molecule has 0 spiro atoms. The maximum Gasteiger partial charge on any atom is 0.348 e. The summed E-state index contributed by atoms with van der Waals surface area (Å²) >= 11 is 0. The summed E-state index contributed by atoms with van der Waals surface area (Å²) in [6, 6.07) is 9.39. The van der Waals surface area contributed by atoms with Gasteiger partial charge in [-0.3, -0.25) is 0 Å². The fourth-order valence-corrected chi connectivity index (χ4v) is 1.65. The highest BCUT2D eigenvalue weighted by molar-refractivity contribution is 5.93. The first-order valence-corrected chi connectivity index (χ1v) is 5.37. The lowest BCUT2D eigenvalue weighted by Gasteiger charge is -2.15. The van der Waals surface area contributed by atoms with Crippen molar-refractivity contribution in [2.75, 3.05) is 13.7 Å². The van der Waals surface area contributed by atoms with E-state index in [1.807, 2.05) is 36.4 Å². The third-order valence-electron chi connectivity index (χ3n) is 2.51. The number of carbonyl (C=O) groups is 1. The van der Waals surface area contributed by atoms with E-state index >= 15 is 0 Å². The van der Waals surface area contributed by atoms with E-state index in [1.165, 1.54) is 13.2 Å². The number of nitriles is 1. The number of benzene rings is 1. The van der Waals surface area contributed by atoms with E-state index in [-0.39, 0.29) is 5.57 Å². The number of rotatable bonds is 2. The third-order valence-corrected chi connectivity index (χ3v) is 2.51. The minimum absolute atomic E-state index is 0.0354. The van der Waals surface area contributed by atoms with Crippen molar-refractivity contribution in [1.29, 1.82) is 5.26 Å². The molecule has 2 rings (SSSR count). The second-order valence-corrected chi connectivity index (χ2v) is 3.71. The first-order valence-electron chi connectivity index (χ1n) is 5.37. The highest BCUT2D eigenvalue weighted by Crippen LogP contribution is 2.26. The molecule has 4 nitrogen and oxygen atoms in total. The van der Waals surface area contributed by atoms with Gasteiger partial charge in [-0.15, -0.1) is 0 Å².